The number of unbranched alkanes of at least 4 members (excludes halogenated alkanes) is 10. The lowest BCUT2D eigenvalue weighted by atomic mass is 9.80. The largest absolute Gasteiger partial charge is 0.311 e. The van der Waals surface area contributed by atoms with Gasteiger partial charge in [-0.05, 0) is 245 Å². The highest BCUT2D eigenvalue weighted by atomic mass is 79.9. The Morgan fingerprint density at radius 1 is 0.220 bits per heavy atom. The van der Waals surface area contributed by atoms with E-state index in [9.17, 15) is 0 Å². The van der Waals surface area contributed by atoms with Gasteiger partial charge in [-0.25, -0.2) is 0 Å². The maximum atomic E-state index is 3.64. The van der Waals surface area contributed by atoms with Crippen LogP contribution >= 0.6 is 31.9 Å². The predicted octanol–water partition coefficient (Wildman–Crippen LogP) is 29.9. The summed E-state index contributed by atoms with van der Waals surface area (Å²) in [5.74, 6) is 0. The van der Waals surface area contributed by atoms with E-state index in [1.54, 1.807) is 0 Å². The second kappa shape index (κ2) is 32.4. The summed E-state index contributed by atoms with van der Waals surface area (Å²) < 4.78 is 2.15. The summed E-state index contributed by atoms with van der Waals surface area (Å²) in [5.41, 5.74) is 26.9. The van der Waals surface area contributed by atoms with Gasteiger partial charge in [-0.2, -0.15) is 0 Å². The molecule has 100 heavy (non-hydrogen) atoms. The normalized spacial score (nSPS) is 11.4. The van der Waals surface area contributed by atoms with Gasteiger partial charge in [-0.1, -0.05) is 316 Å². The monoisotopic (exact) mass is 1420 g/mol. The van der Waals surface area contributed by atoms with Crippen molar-refractivity contribution in [2.45, 2.75) is 104 Å². The summed E-state index contributed by atoms with van der Waals surface area (Å²) in [4.78, 5) is 4.80. The fraction of sp³-hybridized carbons (Fsp3) is 0.167. The average molecular weight is 1430 g/mol. The highest BCUT2D eigenvalue weighted by Crippen LogP contribution is 2.48. The average Bonchev–Trinajstić information content (AvgIpc) is 0.732. The molecule has 0 atom stereocenters. The molecule has 14 aromatic rings. The van der Waals surface area contributed by atoms with Crippen molar-refractivity contribution < 1.29 is 0 Å². The summed E-state index contributed by atoms with van der Waals surface area (Å²) in [6, 6.07) is 117. The number of anilines is 6. The van der Waals surface area contributed by atoms with E-state index in [2.05, 4.69) is 371 Å². The molecule has 494 valence electrons. The van der Waals surface area contributed by atoms with Crippen LogP contribution in [0.2, 0.25) is 0 Å². The molecule has 0 aliphatic heterocycles. The van der Waals surface area contributed by atoms with Crippen LogP contribution in [0.3, 0.4) is 0 Å². The predicted molar refractivity (Wildman–Crippen MR) is 438 cm³/mol. The zero-order valence-corrected chi connectivity index (χ0v) is 60.7. The molecule has 4 heteroatoms. The molecule has 2 nitrogen and oxygen atoms in total. The zero-order valence-electron chi connectivity index (χ0n) is 57.6. The molecule has 0 saturated heterocycles. The van der Waals surface area contributed by atoms with Gasteiger partial charge < -0.3 is 9.80 Å². The van der Waals surface area contributed by atoms with E-state index in [4.69, 9.17) is 0 Å². The molecule has 0 N–H and O–H groups in total. The van der Waals surface area contributed by atoms with Gasteiger partial charge in [0, 0.05) is 43.1 Å². The standard InChI is InChI=1S/C96H86Br2N2/c1-3-5-7-9-11-15-29-79-67-93(77-47-63-87(64-48-77)99(83-55-39-73(40-56-83)69-25-17-13-18-26-69)85-59-43-75(44-60-85)71-35-51-81(97)52-36-71)89-31-21-23-33-91(89)95(79)96-80(30-16-12-10-8-6-4-2)68-94(90-32-22-24-34-92(90)96)78-49-65-88(66-50-78)100(84-57-41-74(42-58-84)70-27-19-14-20-28-70)86-61-45-76(46-62-86)72-37-53-82(98)54-38-72/h13-14,17-28,31-68H,3-12,15-16,29-30H2,1-2H3. The first-order valence-corrected chi connectivity index (χ1v) is 37.9. The van der Waals surface area contributed by atoms with Gasteiger partial charge in [-0.3, -0.25) is 0 Å². The van der Waals surface area contributed by atoms with Crippen LogP contribution < -0.4 is 9.80 Å². The number of halogens is 2. The van der Waals surface area contributed by atoms with Gasteiger partial charge >= 0.3 is 0 Å². The van der Waals surface area contributed by atoms with E-state index in [0.29, 0.717) is 0 Å². The van der Waals surface area contributed by atoms with Crippen LogP contribution in [0.1, 0.15) is 102 Å². The van der Waals surface area contributed by atoms with E-state index < -0.39 is 0 Å². The summed E-state index contributed by atoms with van der Waals surface area (Å²) in [6.45, 7) is 4.64. The SMILES string of the molecule is CCCCCCCCc1cc(-c2ccc(N(c3ccc(-c4ccccc4)cc3)c3ccc(-c4ccc(Br)cc4)cc3)cc2)c2ccccc2c1-c1c(CCCCCCCC)cc(-c2ccc(N(c3ccc(-c4ccccc4)cc3)c3ccc(-c4ccc(Br)cc4)cc3)cc2)c2ccccc12. The molecule has 0 aromatic heterocycles. The Morgan fingerprint density at radius 3 is 0.740 bits per heavy atom. The fourth-order valence-electron chi connectivity index (χ4n) is 14.8. The maximum Gasteiger partial charge on any atom is 0.0462 e. The highest BCUT2D eigenvalue weighted by molar-refractivity contribution is 9.10. The van der Waals surface area contributed by atoms with Crippen molar-refractivity contribution in [2.24, 2.45) is 0 Å². The van der Waals surface area contributed by atoms with Crippen LogP contribution in [-0.4, -0.2) is 0 Å². The lowest BCUT2D eigenvalue weighted by Crippen LogP contribution is -2.09. The van der Waals surface area contributed by atoms with Crippen molar-refractivity contribution in [2.75, 3.05) is 9.80 Å². The molecule has 0 saturated carbocycles. The molecule has 0 amide bonds. The number of rotatable bonds is 27. The topological polar surface area (TPSA) is 6.48 Å². The van der Waals surface area contributed by atoms with Crippen molar-refractivity contribution in [1.82, 2.24) is 0 Å². The van der Waals surface area contributed by atoms with Gasteiger partial charge in [0.15, 0.2) is 0 Å². The van der Waals surface area contributed by atoms with Crippen molar-refractivity contribution in [1.29, 1.82) is 0 Å². The molecule has 0 spiro atoms. The van der Waals surface area contributed by atoms with E-state index in [1.807, 2.05) is 0 Å². The van der Waals surface area contributed by atoms with Crippen molar-refractivity contribution >= 4 is 87.5 Å². The summed E-state index contributed by atoms with van der Waals surface area (Å²) in [5, 5.41) is 5.21. The third-order valence-electron chi connectivity index (χ3n) is 20.0. The number of hydrogen-bond acceptors (Lipinski definition) is 2. The molecule has 0 aliphatic carbocycles. The van der Waals surface area contributed by atoms with Gasteiger partial charge in [0.05, 0.1) is 0 Å². The molecule has 0 fully saturated rings. The number of hydrogen-bond donors (Lipinski definition) is 0. The van der Waals surface area contributed by atoms with Crippen molar-refractivity contribution in [3.05, 3.63) is 336 Å². The van der Waals surface area contributed by atoms with Crippen molar-refractivity contribution in [3.8, 4) is 77.9 Å². The smallest absolute Gasteiger partial charge is 0.0462 e. The second-order valence-electron chi connectivity index (χ2n) is 26.7. The minimum Gasteiger partial charge on any atom is -0.311 e. The van der Waals surface area contributed by atoms with E-state index in [0.717, 1.165) is 68.8 Å². The lowest BCUT2D eigenvalue weighted by molar-refractivity contribution is 0.607. The summed E-state index contributed by atoms with van der Waals surface area (Å²) in [7, 11) is 0. The highest BCUT2D eigenvalue weighted by Gasteiger charge is 2.24. The molecule has 0 heterocycles. The number of fused-ring (bicyclic) bond motifs is 2. The van der Waals surface area contributed by atoms with Crippen LogP contribution in [0.15, 0.2) is 324 Å². The molecular weight excluding hydrogens is 1340 g/mol. The molecule has 0 radical (unpaired) electrons. The van der Waals surface area contributed by atoms with Gasteiger partial charge in [0.1, 0.15) is 0 Å². The maximum absolute atomic E-state index is 3.64. The first-order chi connectivity index (χ1) is 49.3. The number of nitrogens with zero attached hydrogens (tertiary/aromatic N) is 2. The van der Waals surface area contributed by atoms with Crippen LogP contribution in [0.25, 0.3) is 99.4 Å². The first kappa shape index (κ1) is 67.3. The third kappa shape index (κ3) is 15.5. The first-order valence-electron chi connectivity index (χ1n) is 36.3. The third-order valence-corrected chi connectivity index (χ3v) is 21.1. The Kier molecular flexibility index (Phi) is 21.8. The minimum atomic E-state index is 1.01. The minimum absolute atomic E-state index is 1.01. The Morgan fingerprint density at radius 2 is 0.450 bits per heavy atom. The van der Waals surface area contributed by atoms with E-state index in [1.165, 1.54) is 175 Å². The Balaban J connectivity index is 0.868. The molecular formula is C96H86Br2N2. The van der Waals surface area contributed by atoms with E-state index >= 15 is 0 Å². The van der Waals surface area contributed by atoms with Crippen molar-refractivity contribution in [3.63, 3.8) is 0 Å². The van der Waals surface area contributed by atoms with Crippen LogP contribution in [0, 0.1) is 0 Å². The van der Waals surface area contributed by atoms with Gasteiger partial charge in [0.25, 0.3) is 0 Å². The van der Waals surface area contributed by atoms with Gasteiger partial charge in [0.2, 0.25) is 0 Å². The van der Waals surface area contributed by atoms with E-state index in [-0.39, 0.29) is 0 Å². The molecule has 0 unspecified atom stereocenters. The van der Waals surface area contributed by atoms with Gasteiger partial charge in [-0.15, -0.1) is 0 Å². The second-order valence-corrected chi connectivity index (χ2v) is 28.6. The zero-order chi connectivity index (χ0) is 68.0. The van der Waals surface area contributed by atoms with Crippen LogP contribution in [0.5, 0.6) is 0 Å². The van der Waals surface area contributed by atoms with Crippen LogP contribution in [0.4, 0.5) is 34.1 Å². The Labute approximate surface area is 610 Å². The summed E-state index contributed by atoms with van der Waals surface area (Å²) in [6.07, 6.45) is 16.9. The Bertz CT molecular complexity index is 4650. The summed E-state index contributed by atoms with van der Waals surface area (Å²) >= 11 is 7.27. The number of benzene rings is 14. The molecule has 0 bridgehead atoms. The Hall–Kier alpha value is -9.84. The molecule has 0 aliphatic rings. The molecule has 14 aromatic carbocycles. The molecule has 14 rings (SSSR count). The number of aryl methyl sites for hydroxylation is 2. The quantitative estimate of drug-likeness (QED) is 0.0474. The lowest BCUT2D eigenvalue weighted by Gasteiger charge is -2.27. The van der Waals surface area contributed by atoms with Crippen LogP contribution in [-0.2, 0) is 12.8 Å². The fourth-order valence-corrected chi connectivity index (χ4v) is 15.3.